The standard InChI is InChI=1S/C15H23ClN6O2/c1-6-10(7-8-21(5)14(23)24-15(2,3)4)22-13-11(19-20-22)12(16)17-9-18-13/h9-10H,6-8H2,1-5H3. The maximum absolute atomic E-state index is 12.0. The molecule has 0 bridgehead atoms. The highest BCUT2D eigenvalue weighted by molar-refractivity contribution is 6.33. The molecule has 0 aliphatic heterocycles. The van der Waals surface area contributed by atoms with Crippen LogP contribution in [0.4, 0.5) is 4.79 Å². The number of rotatable bonds is 5. The molecule has 24 heavy (non-hydrogen) atoms. The van der Waals surface area contributed by atoms with Crippen molar-refractivity contribution in [2.45, 2.75) is 52.2 Å². The third kappa shape index (κ3) is 4.31. The van der Waals surface area contributed by atoms with E-state index in [2.05, 4.69) is 27.2 Å². The maximum atomic E-state index is 12.0. The Bertz CT molecular complexity index is 712. The Morgan fingerprint density at radius 1 is 1.42 bits per heavy atom. The fourth-order valence-electron chi connectivity index (χ4n) is 2.26. The smallest absolute Gasteiger partial charge is 0.410 e. The van der Waals surface area contributed by atoms with E-state index in [1.165, 1.54) is 6.33 Å². The fraction of sp³-hybridized carbons (Fsp3) is 0.667. The summed E-state index contributed by atoms with van der Waals surface area (Å²) >= 11 is 6.01. The van der Waals surface area contributed by atoms with Crippen molar-refractivity contribution < 1.29 is 9.53 Å². The molecule has 0 radical (unpaired) electrons. The average molecular weight is 355 g/mol. The van der Waals surface area contributed by atoms with E-state index in [-0.39, 0.29) is 17.3 Å². The summed E-state index contributed by atoms with van der Waals surface area (Å²) in [5.74, 6) is 0. The van der Waals surface area contributed by atoms with Gasteiger partial charge in [-0.1, -0.05) is 23.7 Å². The van der Waals surface area contributed by atoms with Crippen molar-refractivity contribution in [3.8, 4) is 0 Å². The van der Waals surface area contributed by atoms with Gasteiger partial charge in [0.25, 0.3) is 0 Å². The predicted molar refractivity (Wildman–Crippen MR) is 90.9 cm³/mol. The minimum atomic E-state index is -0.509. The first-order chi connectivity index (χ1) is 11.2. The van der Waals surface area contributed by atoms with Crippen LogP contribution in [0.5, 0.6) is 0 Å². The zero-order valence-electron chi connectivity index (χ0n) is 14.7. The van der Waals surface area contributed by atoms with Crippen LogP contribution >= 0.6 is 11.6 Å². The number of fused-ring (bicyclic) bond motifs is 1. The van der Waals surface area contributed by atoms with Crippen molar-refractivity contribution in [3.05, 3.63) is 11.5 Å². The lowest BCUT2D eigenvalue weighted by Gasteiger charge is -2.25. The molecule has 0 spiro atoms. The highest BCUT2D eigenvalue weighted by Crippen LogP contribution is 2.23. The summed E-state index contributed by atoms with van der Waals surface area (Å²) in [7, 11) is 1.72. The summed E-state index contributed by atoms with van der Waals surface area (Å²) < 4.78 is 7.10. The molecule has 132 valence electrons. The molecular weight excluding hydrogens is 332 g/mol. The van der Waals surface area contributed by atoms with Gasteiger partial charge in [0.05, 0.1) is 6.04 Å². The van der Waals surface area contributed by atoms with E-state index >= 15 is 0 Å². The first-order valence-corrected chi connectivity index (χ1v) is 8.26. The van der Waals surface area contributed by atoms with Gasteiger partial charge in [-0.3, -0.25) is 0 Å². The van der Waals surface area contributed by atoms with Crippen molar-refractivity contribution in [3.63, 3.8) is 0 Å². The first kappa shape index (κ1) is 18.4. The van der Waals surface area contributed by atoms with E-state index in [1.807, 2.05) is 20.8 Å². The summed E-state index contributed by atoms with van der Waals surface area (Å²) in [6.45, 7) is 8.12. The molecule has 9 heteroatoms. The summed E-state index contributed by atoms with van der Waals surface area (Å²) in [5, 5.41) is 8.49. The lowest BCUT2D eigenvalue weighted by molar-refractivity contribution is 0.0290. The van der Waals surface area contributed by atoms with Gasteiger partial charge in [-0.05, 0) is 33.6 Å². The molecule has 0 aliphatic rings. The van der Waals surface area contributed by atoms with E-state index in [4.69, 9.17) is 16.3 Å². The fourth-order valence-corrected chi connectivity index (χ4v) is 2.42. The SMILES string of the molecule is CCC(CCN(C)C(=O)OC(C)(C)C)n1nnc2c(Cl)ncnc21. The van der Waals surface area contributed by atoms with Gasteiger partial charge in [-0.15, -0.1) is 5.10 Å². The van der Waals surface area contributed by atoms with Gasteiger partial charge in [0, 0.05) is 13.6 Å². The average Bonchev–Trinajstić information content (AvgIpc) is 2.91. The molecule has 0 aromatic carbocycles. The van der Waals surface area contributed by atoms with Crippen LogP contribution < -0.4 is 0 Å². The largest absolute Gasteiger partial charge is 0.444 e. The van der Waals surface area contributed by atoms with Crippen LogP contribution in [-0.4, -0.2) is 55.1 Å². The monoisotopic (exact) mass is 354 g/mol. The highest BCUT2D eigenvalue weighted by Gasteiger charge is 2.22. The predicted octanol–water partition coefficient (Wildman–Crippen LogP) is 3.08. The van der Waals surface area contributed by atoms with Gasteiger partial charge in [-0.2, -0.15) is 0 Å². The molecule has 2 heterocycles. The van der Waals surface area contributed by atoms with Crippen molar-refractivity contribution in [1.29, 1.82) is 0 Å². The summed E-state index contributed by atoms with van der Waals surface area (Å²) in [5.41, 5.74) is 0.575. The minimum absolute atomic E-state index is 0.0471. The molecule has 2 rings (SSSR count). The van der Waals surface area contributed by atoms with E-state index in [0.29, 0.717) is 24.1 Å². The number of amides is 1. The number of carbonyl (C=O) groups is 1. The minimum Gasteiger partial charge on any atom is -0.444 e. The number of halogens is 1. The van der Waals surface area contributed by atoms with Gasteiger partial charge in [0.2, 0.25) is 0 Å². The molecule has 1 amide bonds. The quantitative estimate of drug-likeness (QED) is 0.767. The summed E-state index contributed by atoms with van der Waals surface area (Å²) in [4.78, 5) is 21.7. The van der Waals surface area contributed by atoms with E-state index in [1.54, 1.807) is 16.6 Å². The highest BCUT2D eigenvalue weighted by atomic mass is 35.5. The third-order valence-electron chi connectivity index (χ3n) is 3.54. The van der Waals surface area contributed by atoms with Gasteiger partial charge in [0.15, 0.2) is 16.3 Å². The van der Waals surface area contributed by atoms with Crippen LogP contribution in [0.2, 0.25) is 5.15 Å². The van der Waals surface area contributed by atoms with Crippen LogP contribution in [0.25, 0.3) is 11.2 Å². The first-order valence-electron chi connectivity index (χ1n) is 7.88. The van der Waals surface area contributed by atoms with Crippen LogP contribution in [0.15, 0.2) is 6.33 Å². The maximum Gasteiger partial charge on any atom is 0.410 e. The van der Waals surface area contributed by atoms with Crippen molar-refractivity contribution >= 4 is 28.9 Å². The number of hydrogen-bond acceptors (Lipinski definition) is 6. The molecule has 8 nitrogen and oxygen atoms in total. The Labute approximate surface area is 146 Å². The second-order valence-corrected chi connectivity index (χ2v) is 6.98. The number of carbonyl (C=O) groups excluding carboxylic acids is 1. The van der Waals surface area contributed by atoms with Crippen LogP contribution in [0, 0.1) is 0 Å². The number of hydrogen-bond donors (Lipinski definition) is 0. The summed E-state index contributed by atoms with van der Waals surface area (Å²) in [6.07, 6.45) is 2.57. The second kappa shape index (κ2) is 7.29. The van der Waals surface area contributed by atoms with Gasteiger partial charge in [-0.25, -0.2) is 19.4 Å². The molecule has 2 aromatic heterocycles. The van der Waals surface area contributed by atoms with E-state index in [0.717, 1.165) is 6.42 Å². The van der Waals surface area contributed by atoms with Gasteiger partial charge < -0.3 is 9.64 Å². The van der Waals surface area contributed by atoms with Crippen LogP contribution in [-0.2, 0) is 4.74 Å². The zero-order valence-corrected chi connectivity index (χ0v) is 15.4. The zero-order chi connectivity index (χ0) is 17.9. The van der Waals surface area contributed by atoms with Crippen molar-refractivity contribution in [2.75, 3.05) is 13.6 Å². The number of ether oxygens (including phenoxy) is 1. The Kier molecular flexibility index (Phi) is 5.58. The lowest BCUT2D eigenvalue weighted by Crippen LogP contribution is -2.35. The molecule has 0 saturated carbocycles. The molecule has 1 atom stereocenters. The molecular formula is C15H23ClN6O2. The van der Waals surface area contributed by atoms with Gasteiger partial charge in [0.1, 0.15) is 11.9 Å². The van der Waals surface area contributed by atoms with Gasteiger partial charge >= 0.3 is 6.09 Å². The molecule has 0 aliphatic carbocycles. The molecule has 0 N–H and O–H groups in total. The Hall–Kier alpha value is -1.96. The Morgan fingerprint density at radius 2 is 2.12 bits per heavy atom. The normalized spacial score (nSPS) is 13.1. The second-order valence-electron chi connectivity index (χ2n) is 6.62. The molecule has 2 aromatic rings. The Morgan fingerprint density at radius 3 is 2.75 bits per heavy atom. The molecule has 0 saturated heterocycles. The number of nitrogens with zero attached hydrogens (tertiary/aromatic N) is 6. The third-order valence-corrected chi connectivity index (χ3v) is 3.81. The van der Waals surface area contributed by atoms with E-state index < -0.39 is 5.60 Å². The van der Waals surface area contributed by atoms with Crippen LogP contribution in [0.1, 0.15) is 46.6 Å². The van der Waals surface area contributed by atoms with Crippen molar-refractivity contribution in [2.24, 2.45) is 0 Å². The van der Waals surface area contributed by atoms with E-state index in [9.17, 15) is 4.79 Å². The lowest BCUT2D eigenvalue weighted by atomic mass is 10.1. The molecule has 1 unspecified atom stereocenters. The number of aromatic nitrogens is 5. The summed E-state index contributed by atoms with van der Waals surface area (Å²) in [6, 6.07) is 0.0471. The Balaban J connectivity index is 2.07. The van der Waals surface area contributed by atoms with Crippen molar-refractivity contribution in [1.82, 2.24) is 29.9 Å². The van der Waals surface area contributed by atoms with Crippen LogP contribution in [0.3, 0.4) is 0 Å². The molecule has 0 fully saturated rings. The topological polar surface area (TPSA) is 86.0 Å².